The van der Waals surface area contributed by atoms with Crippen molar-refractivity contribution in [3.63, 3.8) is 0 Å². The maximum Gasteiger partial charge on any atom is 0.330 e. The normalized spacial score (nSPS) is 23.7. The van der Waals surface area contributed by atoms with Crippen LogP contribution in [0.15, 0.2) is 11.6 Å². The third kappa shape index (κ3) is 9.32. The molecule has 0 aromatic heterocycles. The van der Waals surface area contributed by atoms with Crippen LogP contribution >= 0.6 is 0 Å². The molecule has 1 fully saturated rings. The van der Waals surface area contributed by atoms with E-state index in [1.165, 1.54) is 13.2 Å². The molecule has 0 aromatic carbocycles. The Morgan fingerprint density at radius 3 is 1.98 bits per heavy atom. The lowest BCUT2D eigenvalue weighted by molar-refractivity contribution is -0.221. The lowest BCUT2D eigenvalue weighted by Gasteiger charge is -2.52. The summed E-state index contributed by atoms with van der Waals surface area (Å²) in [6.07, 6.45) is 1.76. The first-order valence-electron chi connectivity index (χ1n) is 15.7. The number of carbonyl (C=O) groups is 3. The first-order valence-corrected chi connectivity index (χ1v) is 20.7. The molecule has 1 aliphatic heterocycles. The second kappa shape index (κ2) is 16.5. The van der Waals surface area contributed by atoms with E-state index in [2.05, 4.69) is 41.5 Å². The number of aldehydes is 1. The molecule has 4 atom stereocenters. The smallest absolute Gasteiger partial charge is 0.330 e. The van der Waals surface area contributed by atoms with Crippen LogP contribution in [0.25, 0.3) is 0 Å². The number of hydrogen-bond acceptors (Lipinski definition) is 8. The quantitative estimate of drug-likeness (QED) is 0.0706. The number of rotatable bonds is 18. The molecular weight excluding hydrogens is 557 g/mol. The van der Waals surface area contributed by atoms with Crippen molar-refractivity contribution in [2.24, 2.45) is 5.41 Å². The molecule has 2 unspecified atom stereocenters. The molecule has 238 valence electrons. The van der Waals surface area contributed by atoms with Crippen molar-refractivity contribution in [3.05, 3.63) is 11.6 Å². The lowest BCUT2D eigenvalue weighted by Crippen LogP contribution is -2.61. The highest BCUT2D eigenvalue weighted by atomic mass is 28.4. The average molecular weight is 615 g/mol. The fourth-order valence-corrected chi connectivity index (χ4v) is 11.3. The van der Waals surface area contributed by atoms with E-state index in [-0.39, 0.29) is 12.5 Å². The molecule has 41 heavy (non-hydrogen) atoms. The van der Waals surface area contributed by atoms with E-state index in [0.29, 0.717) is 25.0 Å². The van der Waals surface area contributed by atoms with E-state index in [4.69, 9.17) is 23.1 Å². The molecular formula is C31H58O8Si2. The van der Waals surface area contributed by atoms with Crippen molar-refractivity contribution in [3.8, 4) is 0 Å². The van der Waals surface area contributed by atoms with Gasteiger partial charge in [-0.25, -0.2) is 4.79 Å². The molecule has 0 saturated carbocycles. The number of methoxy groups -OCH3 is 1. The summed E-state index contributed by atoms with van der Waals surface area (Å²) in [7, 11) is -2.55. The fraction of sp³-hybridized carbons (Fsp3) is 0.839. The average Bonchev–Trinajstić information content (AvgIpc) is 2.98. The standard InChI is InChI=1S/C31H58O8Si2/c1-12-27(33)37-29-24(20-28(34)35-11)19-25(38-31(29,10)30(8,9)23-32)21-26(39-41(16-5,17-6)18-7)22-36-40(13-2,14-3)15-4/h20,23,25-26,29H,12-19,21-22H2,1-11H3/b24-20+/t25?,26?,29-,31+/m0/s1. The van der Waals surface area contributed by atoms with E-state index >= 15 is 0 Å². The third-order valence-corrected chi connectivity index (χ3v) is 19.1. The minimum absolute atomic E-state index is 0.159. The molecule has 1 aliphatic rings. The van der Waals surface area contributed by atoms with Crippen LogP contribution in [0.1, 0.15) is 88.5 Å². The Morgan fingerprint density at radius 2 is 1.54 bits per heavy atom. The van der Waals surface area contributed by atoms with Gasteiger partial charge in [0.2, 0.25) is 0 Å². The maximum atomic E-state index is 12.5. The Hall–Kier alpha value is -1.34. The van der Waals surface area contributed by atoms with E-state index in [1.54, 1.807) is 27.7 Å². The van der Waals surface area contributed by atoms with Gasteiger partial charge in [0.1, 0.15) is 11.9 Å². The summed E-state index contributed by atoms with van der Waals surface area (Å²) < 4.78 is 31.4. The van der Waals surface area contributed by atoms with E-state index in [0.717, 1.165) is 42.6 Å². The second-order valence-corrected chi connectivity index (χ2v) is 21.6. The van der Waals surface area contributed by atoms with Gasteiger partial charge in [-0.05, 0) is 55.2 Å². The Balaban J connectivity index is 3.60. The first-order chi connectivity index (χ1) is 19.2. The van der Waals surface area contributed by atoms with Crippen LogP contribution in [0.2, 0.25) is 36.3 Å². The van der Waals surface area contributed by atoms with E-state index in [1.807, 2.05) is 0 Å². The monoisotopic (exact) mass is 614 g/mol. The zero-order valence-corrected chi connectivity index (χ0v) is 29.7. The van der Waals surface area contributed by atoms with Crippen molar-refractivity contribution >= 4 is 34.9 Å². The van der Waals surface area contributed by atoms with Crippen LogP contribution in [0.5, 0.6) is 0 Å². The topological polar surface area (TPSA) is 97.4 Å². The molecule has 1 rings (SSSR count). The fourth-order valence-electron chi connectivity index (χ4n) is 5.78. The number of hydrogen-bond donors (Lipinski definition) is 0. The molecule has 0 bridgehead atoms. The summed E-state index contributed by atoms with van der Waals surface area (Å²) in [5.74, 6) is -0.973. The largest absolute Gasteiger partial charge is 0.466 e. The van der Waals surface area contributed by atoms with Gasteiger partial charge in [-0.1, -0.05) is 62.3 Å². The lowest BCUT2D eigenvalue weighted by atomic mass is 9.69. The van der Waals surface area contributed by atoms with Gasteiger partial charge >= 0.3 is 11.9 Å². The molecule has 0 aromatic rings. The molecule has 0 radical (unpaired) electrons. The molecule has 10 heteroatoms. The molecule has 1 heterocycles. The minimum atomic E-state index is -1.99. The predicted octanol–water partition coefficient (Wildman–Crippen LogP) is 6.98. The van der Waals surface area contributed by atoms with Gasteiger partial charge in [0.05, 0.1) is 31.3 Å². The predicted molar refractivity (Wildman–Crippen MR) is 168 cm³/mol. The van der Waals surface area contributed by atoms with Gasteiger partial charge < -0.3 is 27.9 Å². The highest BCUT2D eigenvalue weighted by Gasteiger charge is 2.56. The van der Waals surface area contributed by atoms with Crippen molar-refractivity contribution in [2.75, 3.05) is 13.7 Å². The summed E-state index contributed by atoms with van der Waals surface area (Å²) in [4.78, 5) is 37.4. The number of esters is 2. The van der Waals surface area contributed by atoms with Crippen LogP contribution in [0, 0.1) is 5.41 Å². The highest BCUT2D eigenvalue weighted by Crippen LogP contribution is 2.46. The summed E-state index contributed by atoms with van der Waals surface area (Å²) >= 11 is 0. The minimum Gasteiger partial charge on any atom is -0.466 e. The Bertz CT molecular complexity index is 865. The molecule has 1 saturated heterocycles. The summed E-state index contributed by atoms with van der Waals surface area (Å²) in [6.45, 7) is 20.8. The zero-order chi connectivity index (χ0) is 31.5. The maximum absolute atomic E-state index is 12.5. The van der Waals surface area contributed by atoms with Gasteiger partial charge in [-0.3, -0.25) is 4.79 Å². The first kappa shape index (κ1) is 37.7. The summed E-state index contributed by atoms with van der Waals surface area (Å²) in [6, 6.07) is 6.18. The van der Waals surface area contributed by atoms with Gasteiger partial charge in [0.15, 0.2) is 22.7 Å². The van der Waals surface area contributed by atoms with Gasteiger partial charge in [0, 0.05) is 18.9 Å². The molecule has 0 spiro atoms. The number of ether oxygens (including phenoxy) is 3. The van der Waals surface area contributed by atoms with E-state index < -0.39 is 51.8 Å². The van der Waals surface area contributed by atoms with E-state index in [9.17, 15) is 14.4 Å². The highest BCUT2D eigenvalue weighted by molar-refractivity contribution is 6.74. The zero-order valence-electron chi connectivity index (χ0n) is 27.7. The van der Waals surface area contributed by atoms with Crippen molar-refractivity contribution in [2.45, 2.75) is 149 Å². The third-order valence-electron chi connectivity index (χ3n) is 9.71. The molecule has 0 aliphatic carbocycles. The van der Waals surface area contributed by atoms with Crippen LogP contribution in [0.3, 0.4) is 0 Å². The molecule has 0 amide bonds. The molecule has 8 nitrogen and oxygen atoms in total. The Kier molecular flexibility index (Phi) is 15.2. The van der Waals surface area contributed by atoms with Gasteiger partial charge in [0.25, 0.3) is 0 Å². The van der Waals surface area contributed by atoms with Gasteiger partial charge in [-0.2, -0.15) is 0 Å². The number of carbonyl (C=O) groups excluding carboxylic acids is 3. The summed E-state index contributed by atoms with van der Waals surface area (Å²) in [5, 5.41) is 0. The van der Waals surface area contributed by atoms with Crippen LogP contribution < -0.4 is 0 Å². The van der Waals surface area contributed by atoms with Crippen molar-refractivity contribution in [1.82, 2.24) is 0 Å². The van der Waals surface area contributed by atoms with Gasteiger partial charge in [-0.15, -0.1) is 0 Å². The Labute approximate surface area is 251 Å². The van der Waals surface area contributed by atoms with Crippen LogP contribution in [-0.4, -0.2) is 72.5 Å². The van der Waals surface area contributed by atoms with Crippen LogP contribution in [-0.2, 0) is 37.4 Å². The SMILES string of the molecule is CCC(=O)O[C@H]1/C(=C/C(=O)OC)CC(CC(CO[Si](CC)(CC)CC)O[Si](CC)(CC)CC)O[C@@]1(C)C(C)(C)C=O. The Morgan fingerprint density at radius 1 is 1.00 bits per heavy atom. The molecule has 0 N–H and O–H groups in total. The summed E-state index contributed by atoms with van der Waals surface area (Å²) in [5.41, 5.74) is -1.68. The van der Waals surface area contributed by atoms with Crippen LogP contribution in [0.4, 0.5) is 0 Å². The van der Waals surface area contributed by atoms with Crippen molar-refractivity contribution < 1.29 is 37.4 Å². The van der Waals surface area contributed by atoms with Crippen molar-refractivity contribution in [1.29, 1.82) is 0 Å². The second-order valence-electron chi connectivity index (χ2n) is 12.1.